The van der Waals surface area contributed by atoms with Crippen molar-refractivity contribution in [3.63, 3.8) is 0 Å². The van der Waals surface area contributed by atoms with Gasteiger partial charge in [0.1, 0.15) is 12.4 Å². The number of methoxy groups -OCH3 is 1. The summed E-state index contributed by atoms with van der Waals surface area (Å²) >= 11 is 0. The first-order valence-electron chi connectivity index (χ1n) is 6.77. The van der Waals surface area contributed by atoms with Crippen LogP contribution >= 0.6 is 0 Å². The highest BCUT2D eigenvalue weighted by molar-refractivity contribution is 5.85. The van der Waals surface area contributed by atoms with Crippen LogP contribution in [0.4, 0.5) is 4.39 Å². The smallest absolute Gasteiger partial charge is 0.246 e. The molecule has 20 heavy (non-hydrogen) atoms. The molecule has 0 fully saturated rings. The van der Waals surface area contributed by atoms with Gasteiger partial charge in [-0.2, -0.15) is 0 Å². The molecule has 2 aromatic rings. The van der Waals surface area contributed by atoms with E-state index in [9.17, 15) is 9.18 Å². The fraction of sp³-hybridized carbons (Fsp3) is 0.400. The van der Waals surface area contributed by atoms with Crippen molar-refractivity contribution in [2.45, 2.75) is 25.3 Å². The highest BCUT2D eigenvalue weighted by Gasteiger charge is 2.25. The third-order valence-corrected chi connectivity index (χ3v) is 3.78. The zero-order valence-corrected chi connectivity index (χ0v) is 11.3. The van der Waals surface area contributed by atoms with Crippen molar-refractivity contribution < 1.29 is 13.9 Å². The predicted molar refractivity (Wildman–Crippen MR) is 74.0 cm³/mol. The lowest BCUT2D eigenvalue weighted by atomic mass is 9.91. The van der Waals surface area contributed by atoms with Gasteiger partial charge in [0.15, 0.2) is 0 Å². The number of benzene rings is 1. The van der Waals surface area contributed by atoms with Crippen LogP contribution in [0.15, 0.2) is 18.2 Å². The minimum absolute atomic E-state index is 0.0446. The Morgan fingerprint density at radius 3 is 3.20 bits per heavy atom. The number of ether oxygens (including phenoxy) is 1. The fourth-order valence-corrected chi connectivity index (χ4v) is 2.95. The zero-order chi connectivity index (χ0) is 14.1. The quantitative estimate of drug-likeness (QED) is 0.904. The number of hydrogen-bond acceptors (Lipinski definition) is 2. The van der Waals surface area contributed by atoms with E-state index in [4.69, 9.17) is 4.74 Å². The molecule has 1 aromatic heterocycles. The molecule has 0 aliphatic heterocycles. The Hall–Kier alpha value is -1.88. The van der Waals surface area contributed by atoms with Gasteiger partial charge in [-0.3, -0.25) is 4.79 Å². The van der Waals surface area contributed by atoms with Crippen LogP contribution < -0.4 is 5.32 Å². The molecule has 1 aliphatic rings. The van der Waals surface area contributed by atoms with Gasteiger partial charge in [-0.25, -0.2) is 4.39 Å². The Balaban J connectivity index is 1.96. The minimum Gasteiger partial charge on any atom is -0.375 e. The van der Waals surface area contributed by atoms with E-state index in [1.54, 1.807) is 12.1 Å². The summed E-state index contributed by atoms with van der Waals surface area (Å²) in [7, 11) is 1.50. The average Bonchev–Trinajstić information content (AvgIpc) is 2.78. The second-order valence-corrected chi connectivity index (χ2v) is 5.15. The lowest BCUT2D eigenvalue weighted by Gasteiger charge is -2.23. The number of carbonyl (C=O) groups is 1. The first-order valence-corrected chi connectivity index (χ1v) is 6.77. The van der Waals surface area contributed by atoms with Crippen LogP contribution in [-0.4, -0.2) is 24.6 Å². The maximum absolute atomic E-state index is 13.4. The highest BCUT2D eigenvalue weighted by atomic mass is 19.1. The van der Waals surface area contributed by atoms with E-state index in [0.717, 1.165) is 41.4 Å². The van der Waals surface area contributed by atoms with Crippen LogP contribution in [0.25, 0.3) is 10.9 Å². The summed E-state index contributed by atoms with van der Waals surface area (Å²) in [6.45, 7) is 0.0562. The number of carbonyl (C=O) groups excluding carboxylic acids is 1. The number of nitrogens with one attached hydrogen (secondary N) is 2. The standard InChI is InChI=1S/C15H17FN2O2/c1-20-8-14(19)17-13-4-2-3-10-11-7-9(16)5-6-12(11)18-15(10)13/h5-7,13,18H,2-4,8H2,1H3,(H,17,19)/t13-/m0/s1. The summed E-state index contributed by atoms with van der Waals surface area (Å²) in [4.78, 5) is 15.0. The Morgan fingerprint density at radius 1 is 1.55 bits per heavy atom. The lowest BCUT2D eigenvalue weighted by molar-refractivity contribution is -0.125. The SMILES string of the molecule is COCC(=O)N[C@H]1CCCc2c1[nH]c1ccc(F)cc21. The number of aryl methyl sites for hydroxylation is 1. The second-order valence-electron chi connectivity index (χ2n) is 5.15. The van der Waals surface area contributed by atoms with Gasteiger partial charge in [0.05, 0.1) is 6.04 Å². The van der Waals surface area contributed by atoms with Crippen LogP contribution in [0.2, 0.25) is 0 Å². The van der Waals surface area contributed by atoms with Crippen molar-refractivity contribution in [3.05, 3.63) is 35.3 Å². The second kappa shape index (κ2) is 5.25. The Bertz CT molecular complexity index is 651. The maximum Gasteiger partial charge on any atom is 0.246 e. The first-order chi connectivity index (χ1) is 9.69. The summed E-state index contributed by atoms with van der Waals surface area (Å²) in [6.07, 6.45) is 2.78. The van der Waals surface area contributed by atoms with Crippen LogP contribution in [0.3, 0.4) is 0 Å². The molecule has 1 heterocycles. The van der Waals surface area contributed by atoms with Crippen LogP contribution in [-0.2, 0) is 16.0 Å². The summed E-state index contributed by atoms with van der Waals surface area (Å²) in [5.41, 5.74) is 3.04. The number of H-pyrrole nitrogens is 1. The number of amides is 1. The molecular weight excluding hydrogens is 259 g/mol. The summed E-state index contributed by atoms with van der Waals surface area (Å²) in [6, 6.07) is 4.71. The van der Waals surface area contributed by atoms with Gasteiger partial charge in [-0.05, 0) is 43.0 Å². The average molecular weight is 276 g/mol. The Kier molecular flexibility index (Phi) is 3.44. The first kappa shape index (κ1) is 13.1. The Morgan fingerprint density at radius 2 is 2.40 bits per heavy atom. The van der Waals surface area contributed by atoms with Crippen molar-refractivity contribution in [2.24, 2.45) is 0 Å². The molecule has 5 heteroatoms. The van der Waals surface area contributed by atoms with E-state index >= 15 is 0 Å². The molecular formula is C15H17FN2O2. The molecule has 1 atom stereocenters. The molecule has 4 nitrogen and oxygen atoms in total. The minimum atomic E-state index is -0.232. The van der Waals surface area contributed by atoms with Crippen molar-refractivity contribution >= 4 is 16.8 Å². The molecule has 106 valence electrons. The molecule has 1 aliphatic carbocycles. The molecule has 0 bridgehead atoms. The summed E-state index contributed by atoms with van der Waals surface area (Å²) in [5, 5.41) is 3.88. The number of rotatable bonds is 3. The van der Waals surface area contributed by atoms with Gasteiger partial charge < -0.3 is 15.0 Å². The largest absolute Gasteiger partial charge is 0.375 e. The number of fused-ring (bicyclic) bond motifs is 3. The molecule has 0 spiro atoms. The van der Waals surface area contributed by atoms with Gasteiger partial charge in [0.2, 0.25) is 5.91 Å². The highest BCUT2D eigenvalue weighted by Crippen LogP contribution is 2.34. The van der Waals surface area contributed by atoms with Crippen molar-refractivity contribution in [3.8, 4) is 0 Å². The van der Waals surface area contributed by atoms with E-state index in [1.807, 2.05) is 0 Å². The van der Waals surface area contributed by atoms with E-state index in [-0.39, 0.29) is 24.4 Å². The van der Waals surface area contributed by atoms with Gasteiger partial charge in [-0.15, -0.1) is 0 Å². The van der Waals surface area contributed by atoms with Crippen LogP contribution in [0.1, 0.15) is 30.1 Å². The van der Waals surface area contributed by atoms with E-state index in [1.165, 1.54) is 13.2 Å². The molecule has 0 radical (unpaired) electrons. The third-order valence-electron chi connectivity index (χ3n) is 3.78. The number of hydrogen-bond donors (Lipinski definition) is 2. The predicted octanol–water partition coefficient (Wildman–Crippen LogP) is 2.45. The summed E-state index contributed by atoms with van der Waals surface area (Å²) < 4.78 is 18.2. The molecule has 0 saturated heterocycles. The molecule has 3 rings (SSSR count). The topological polar surface area (TPSA) is 54.1 Å². The molecule has 0 unspecified atom stereocenters. The van der Waals surface area contributed by atoms with Gasteiger partial charge >= 0.3 is 0 Å². The third kappa shape index (κ3) is 2.29. The molecule has 1 aromatic carbocycles. The maximum atomic E-state index is 13.4. The van der Waals surface area contributed by atoms with Gasteiger partial charge in [0.25, 0.3) is 0 Å². The number of aromatic amines is 1. The van der Waals surface area contributed by atoms with Gasteiger partial charge in [0, 0.05) is 23.7 Å². The molecule has 0 saturated carbocycles. The zero-order valence-electron chi connectivity index (χ0n) is 11.3. The number of halogens is 1. The van der Waals surface area contributed by atoms with E-state index < -0.39 is 0 Å². The lowest BCUT2D eigenvalue weighted by Crippen LogP contribution is -2.33. The fourth-order valence-electron chi connectivity index (χ4n) is 2.95. The monoisotopic (exact) mass is 276 g/mol. The molecule has 2 N–H and O–H groups in total. The van der Waals surface area contributed by atoms with Gasteiger partial charge in [-0.1, -0.05) is 0 Å². The molecule has 1 amide bonds. The Labute approximate surface area is 116 Å². The van der Waals surface area contributed by atoms with Crippen LogP contribution in [0, 0.1) is 5.82 Å². The van der Waals surface area contributed by atoms with Crippen molar-refractivity contribution in [2.75, 3.05) is 13.7 Å². The summed E-state index contributed by atoms with van der Waals surface area (Å²) in [5.74, 6) is -0.361. The van der Waals surface area contributed by atoms with Crippen molar-refractivity contribution in [1.82, 2.24) is 10.3 Å². The normalized spacial score (nSPS) is 18.0. The van der Waals surface area contributed by atoms with Crippen molar-refractivity contribution in [1.29, 1.82) is 0 Å². The van der Waals surface area contributed by atoms with E-state index in [2.05, 4.69) is 10.3 Å². The van der Waals surface area contributed by atoms with E-state index in [0.29, 0.717) is 0 Å². The van der Waals surface area contributed by atoms with Crippen LogP contribution in [0.5, 0.6) is 0 Å². The number of aromatic nitrogens is 1.